The molecule has 0 spiro atoms. The van der Waals surface area contributed by atoms with Gasteiger partial charge in [-0.3, -0.25) is 14.5 Å². The van der Waals surface area contributed by atoms with Crippen molar-refractivity contribution >= 4 is 45.2 Å². The Hall–Kier alpha value is -3.34. The SMILES string of the molecule is Cc1cccc(CC2SC(=C(C#N)C(=O)NCCc3ccccc3)N(c3ccc(Br)cc3)C2=O)c1. The molecule has 1 saturated heterocycles. The summed E-state index contributed by atoms with van der Waals surface area (Å²) >= 11 is 4.70. The van der Waals surface area contributed by atoms with Crippen LogP contribution in [0.5, 0.6) is 0 Å². The van der Waals surface area contributed by atoms with Crippen molar-refractivity contribution < 1.29 is 9.59 Å². The van der Waals surface area contributed by atoms with E-state index >= 15 is 0 Å². The number of carbonyl (C=O) groups is 2. The predicted octanol–water partition coefficient (Wildman–Crippen LogP) is 5.54. The van der Waals surface area contributed by atoms with E-state index in [0.29, 0.717) is 30.1 Å². The first-order chi connectivity index (χ1) is 17.0. The lowest BCUT2D eigenvalue weighted by Gasteiger charge is -2.19. The molecule has 7 heteroatoms. The van der Waals surface area contributed by atoms with Crippen LogP contribution in [-0.2, 0) is 22.4 Å². The first-order valence-corrected chi connectivity index (χ1v) is 12.9. The van der Waals surface area contributed by atoms with Crippen molar-refractivity contribution in [2.75, 3.05) is 11.4 Å². The van der Waals surface area contributed by atoms with Gasteiger partial charge in [0.2, 0.25) is 5.91 Å². The molecular formula is C28H24BrN3O2S. The molecule has 1 heterocycles. The first-order valence-electron chi connectivity index (χ1n) is 11.2. The third kappa shape index (κ3) is 6.02. The summed E-state index contributed by atoms with van der Waals surface area (Å²) in [5, 5.41) is 12.7. The van der Waals surface area contributed by atoms with Crippen LogP contribution in [-0.4, -0.2) is 23.6 Å². The maximum Gasteiger partial charge on any atom is 0.264 e. The molecule has 0 saturated carbocycles. The zero-order chi connectivity index (χ0) is 24.8. The Bertz CT molecular complexity index is 1300. The molecule has 4 rings (SSSR count). The quantitative estimate of drug-likeness (QED) is 0.312. The molecule has 0 bridgehead atoms. The number of aryl methyl sites for hydroxylation is 1. The molecule has 1 aliphatic rings. The van der Waals surface area contributed by atoms with E-state index in [4.69, 9.17) is 0 Å². The molecule has 1 fully saturated rings. The van der Waals surface area contributed by atoms with E-state index in [0.717, 1.165) is 21.2 Å². The van der Waals surface area contributed by atoms with Gasteiger partial charge in [0, 0.05) is 16.7 Å². The number of rotatable bonds is 7. The van der Waals surface area contributed by atoms with E-state index in [1.165, 1.54) is 16.7 Å². The average Bonchev–Trinajstić information content (AvgIpc) is 3.16. The van der Waals surface area contributed by atoms with E-state index < -0.39 is 11.2 Å². The van der Waals surface area contributed by atoms with E-state index in [2.05, 4.69) is 33.4 Å². The van der Waals surface area contributed by atoms with Crippen molar-refractivity contribution in [2.24, 2.45) is 0 Å². The van der Waals surface area contributed by atoms with Gasteiger partial charge in [-0.15, -0.1) is 0 Å². The number of nitrogens with zero attached hydrogens (tertiary/aromatic N) is 2. The van der Waals surface area contributed by atoms with Gasteiger partial charge in [0.1, 0.15) is 16.7 Å². The van der Waals surface area contributed by atoms with Crippen LogP contribution in [0.15, 0.2) is 93.9 Å². The number of amides is 2. The molecule has 0 aliphatic carbocycles. The number of nitriles is 1. The van der Waals surface area contributed by atoms with Crippen molar-refractivity contribution in [3.05, 3.63) is 111 Å². The second-order valence-electron chi connectivity index (χ2n) is 8.23. The highest BCUT2D eigenvalue weighted by Crippen LogP contribution is 2.42. The van der Waals surface area contributed by atoms with E-state index in [9.17, 15) is 14.9 Å². The molecule has 5 nitrogen and oxygen atoms in total. The summed E-state index contributed by atoms with van der Waals surface area (Å²) in [6.07, 6.45) is 1.16. The Balaban J connectivity index is 1.62. The fraction of sp³-hybridized carbons (Fsp3) is 0.179. The van der Waals surface area contributed by atoms with Crippen LogP contribution in [0.4, 0.5) is 5.69 Å². The van der Waals surface area contributed by atoms with Crippen molar-refractivity contribution in [1.82, 2.24) is 5.32 Å². The topological polar surface area (TPSA) is 73.2 Å². The molecule has 0 aromatic heterocycles. The number of hydrogen-bond acceptors (Lipinski definition) is 4. The highest BCUT2D eigenvalue weighted by Gasteiger charge is 2.40. The monoisotopic (exact) mass is 545 g/mol. The van der Waals surface area contributed by atoms with Crippen molar-refractivity contribution in [3.8, 4) is 6.07 Å². The third-order valence-corrected chi connectivity index (χ3v) is 7.43. The number of carbonyl (C=O) groups excluding carboxylic acids is 2. The van der Waals surface area contributed by atoms with Crippen LogP contribution in [0.2, 0.25) is 0 Å². The number of anilines is 1. The summed E-state index contributed by atoms with van der Waals surface area (Å²) < 4.78 is 0.876. The molecule has 1 atom stereocenters. The lowest BCUT2D eigenvalue weighted by molar-refractivity contribution is -0.117. The van der Waals surface area contributed by atoms with Gasteiger partial charge in [0.15, 0.2) is 0 Å². The van der Waals surface area contributed by atoms with Crippen LogP contribution >= 0.6 is 27.7 Å². The maximum absolute atomic E-state index is 13.6. The largest absolute Gasteiger partial charge is 0.351 e. The zero-order valence-electron chi connectivity index (χ0n) is 19.2. The molecule has 176 valence electrons. The minimum atomic E-state index is -0.475. The molecule has 3 aromatic rings. The number of halogens is 1. The van der Waals surface area contributed by atoms with Crippen LogP contribution in [0, 0.1) is 18.3 Å². The number of thioether (sulfide) groups is 1. The van der Waals surface area contributed by atoms with E-state index in [1.54, 1.807) is 12.1 Å². The Kier molecular flexibility index (Phi) is 8.06. The smallest absolute Gasteiger partial charge is 0.264 e. The van der Waals surface area contributed by atoms with Crippen LogP contribution < -0.4 is 10.2 Å². The number of hydrogen-bond donors (Lipinski definition) is 1. The number of benzene rings is 3. The van der Waals surface area contributed by atoms with Crippen molar-refractivity contribution in [1.29, 1.82) is 5.26 Å². The van der Waals surface area contributed by atoms with Gasteiger partial charge < -0.3 is 5.32 Å². The second-order valence-corrected chi connectivity index (χ2v) is 10.3. The maximum atomic E-state index is 13.6. The summed E-state index contributed by atoms with van der Waals surface area (Å²) in [4.78, 5) is 28.1. The highest BCUT2D eigenvalue weighted by molar-refractivity contribution is 9.10. The van der Waals surface area contributed by atoms with Crippen LogP contribution in [0.3, 0.4) is 0 Å². The van der Waals surface area contributed by atoms with Crippen molar-refractivity contribution in [3.63, 3.8) is 0 Å². The van der Waals surface area contributed by atoms with E-state index in [1.807, 2.05) is 67.6 Å². The molecule has 1 aliphatic heterocycles. The van der Waals surface area contributed by atoms with E-state index in [-0.39, 0.29) is 11.5 Å². The molecule has 2 amide bonds. The van der Waals surface area contributed by atoms with Crippen molar-refractivity contribution in [2.45, 2.75) is 25.0 Å². The normalized spacial score (nSPS) is 16.7. The highest BCUT2D eigenvalue weighted by atomic mass is 79.9. The fourth-order valence-electron chi connectivity index (χ4n) is 3.92. The third-order valence-electron chi connectivity index (χ3n) is 5.64. The lowest BCUT2D eigenvalue weighted by atomic mass is 10.1. The molecule has 1 N–H and O–H groups in total. The molecule has 35 heavy (non-hydrogen) atoms. The van der Waals surface area contributed by atoms with Gasteiger partial charge in [-0.25, -0.2) is 0 Å². The Morgan fingerprint density at radius 1 is 1.06 bits per heavy atom. The summed E-state index contributed by atoms with van der Waals surface area (Å²) in [5.74, 6) is -0.615. The standard InChI is InChI=1S/C28H24BrN3O2S/c1-19-6-5-9-21(16-19)17-25-27(34)32(23-12-10-22(29)11-13-23)28(35-25)24(18-30)26(33)31-15-14-20-7-3-2-4-8-20/h2-13,16,25H,14-15,17H2,1H3,(H,31,33). The van der Waals surface area contributed by atoms with Gasteiger partial charge in [-0.1, -0.05) is 87.9 Å². The van der Waals surface area contributed by atoms with Gasteiger partial charge in [-0.05, 0) is 55.2 Å². The van der Waals surface area contributed by atoms with Gasteiger partial charge in [0.05, 0.1) is 5.25 Å². The molecular weight excluding hydrogens is 522 g/mol. The molecule has 1 unspecified atom stereocenters. The average molecular weight is 546 g/mol. The summed E-state index contributed by atoms with van der Waals surface area (Å²) in [7, 11) is 0. The van der Waals surface area contributed by atoms with Crippen LogP contribution in [0.1, 0.15) is 16.7 Å². The summed E-state index contributed by atoms with van der Waals surface area (Å²) in [5.41, 5.74) is 3.83. The Morgan fingerprint density at radius 3 is 2.46 bits per heavy atom. The first kappa shape index (κ1) is 24.8. The summed E-state index contributed by atoms with van der Waals surface area (Å²) in [6.45, 7) is 2.41. The van der Waals surface area contributed by atoms with Crippen LogP contribution in [0.25, 0.3) is 0 Å². The van der Waals surface area contributed by atoms with Gasteiger partial charge in [0.25, 0.3) is 5.91 Å². The predicted molar refractivity (Wildman–Crippen MR) is 144 cm³/mol. The minimum Gasteiger partial charge on any atom is -0.351 e. The molecule has 3 aromatic carbocycles. The Morgan fingerprint density at radius 2 is 1.77 bits per heavy atom. The Labute approximate surface area is 218 Å². The lowest BCUT2D eigenvalue weighted by Crippen LogP contribution is -2.32. The number of nitrogens with one attached hydrogen (secondary N) is 1. The second kappa shape index (κ2) is 11.4. The summed E-state index contributed by atoms with van der Waals surface area (Å²) in [6, 6.07) is 27.2. The van der Waals surface area contributed by atoms with Gasteiger partial charge in [-0.2, -0.15) is 5.26 Å². The fourth-order valence-corrected chi connectivity index (χ4v) is 5.49. The van der Waals surface area contributed by atoms with Gasteiger partial charge >= 0.3 is 0 Å². The molecule has 0 radical (unpaired) electrons. The zero-order valence-corrected chi connectivity index (χ0v) is 21.6. The minimum absolute atomic E-state index is 0.0499.